The second-order valence-corrected chi connectivity index (χ2v) is 7.60. The van der Waals surface area contributed by atoms with Crippen LogP contribution in [0, 0.1) is 0 Å². The average molecular weight is 399 g/mol. The molecule has 150 valence electrons. The van der Waals surface area contributed by atoms with Gasteiger partial charge < -0.3 is 15.0 Å². The van der Waals surface area contributed by atoms with E-state index >= 15 is 0 Å². The highest BCUT2D eigenvalue weighted by molar-refractivity contribution is 6.04. The summed E-state index contributed by atoms with van der Waals surface area (Å²) in [5, 5.41) is 2.92. The third kappa shape index (κ3) is 3.52. The van der Waals surface area contributed by atoms with E-state index in [9.17, 15) is 9.59 Å². The molecule has 0 saturated carbocycles. The molecule has 0 spiro atoms. The first-order valence-corrected chi connectivity index (χ1v) is 10.0. The number of pyridine rings is 1. The zero-order chi connectivity index (χ0) is 20.5. The molecule has 2 aromatic carbocycles. The number of rotatable bonds is 3. The van der Waals surface area contributed by atoms with Gasteiger partial charge in [-0.1, -0.05) is 24.3 Å². The number of nitrogens with zero attached hydrogens (tertiary/aromatic N) is 2. The van der Waals surface area contributed by atoms with Gasteiger partial charge in [-0.2, -0.15) is 0 Å². The Bertz CT molecular complexity index is 1090. The highest BCUT2D eigenvalue weighted by Crippen LogP contribution is 2.30. The molecule has 2 aliphatic heterocycles. The van der Waals surface area contributed by atoms with Crippen LogP contribution in [0.2, 0.25) is 0 Å². The molecule has 30 heavy (non-hydrogen) atoms. The topological polar surface area (TPSA) is 71.5 Å². The summed E-state index contributed by atoms with van der Waals surface area (Å²) in [7, 11) is 0. The fourth-order valence-electron chi connectivity index (χ4n) is 4.05. The van der Waals surface area contributed by atoms with Crippen molar-refractivity contribution in [2.75, 3.05) is 11.9 Å². The second-order valence-electron chi connectivity index (χ2n) is 7.60. The standard InChI is InChI=1S/C24H21N3O3/c28-23(17-7-10-25-11-8-17)26-20-6-5-16-9-12-27(15-19(16)13-20)24(29)22-14-18-3-1-2-4-21(18)30-22/h1-8,10-11,13,22H,9,12,14-15H2,(H,26,28)/t22-/m0/s1. The molecule has 0 saturated heterocycles. The number of carbonyl (C=O) groups is 2. The Labute approximate surface area is 174 Å². The van der Waals surface area contributed by atoms with E-state index in [1.54, 1.807) is 24.5 Å². The molecule has 3 heterocycles. The van der Waals surface area contributed by atoms with Crippen molar-refractivity contribution in [2.45, 2.75) is 25.5 Å². The second kappa shape index (κ2) is 7.63. The fraction of sp³-hybridized carbons (Fsp3) is 0.208. The molecular weight excluding hydrogens is 378 g/mol. The van der Waals surface area contributed by atoms with Crippen LogP contribution in [0.25, 0.3) is 0 Å². The maximum absolute atomic E-state index is 13.1. The van der Waals surface area contributed by atoms with Gasteiger partial charge >= 0.3 is 0 Å². The van der Waals surface area contributed by atoms with Gasteiger partial charge in [-0.15, -0.1) is 0 Å². The van der Waals surface area contributed by atoms with E-state index in [1.807, 2.05) is 47.4 Å². The summed E-state index contributed by atoms with van der Waals surface area (Å²) < 4.78 is 5.88. The molecule has 1 N–H and O–H groups in total. The molecular formula is C24H21N3O3. The van der Waals surface area contributed by atoms with Gasteiger partial charge in [0.1, 0.15) is 5.75 Å². The normalized spacial score (nSPS) is 16.9. The van der Waals surface area contributed by atoms with Crippen LogP contribution in [0.5, 0.6) is 5.75 Å². The number of amides is 2. The van der Waals surface area contributed by atoms with Crippen molar-refractivity contribution in [1.29, 1.82) is 0 Å². The van der Waals surface area contributed by atoms with Gasteiger partial charge in [0.15, 0.2) is 6.10 Å². The molecule has 6 nitrogen and oxygen atoms in total. The maximum Gasteiger partial charge on any atom is 0.264 e. The SMILES string of the molecule is O=C(Nc1ccc2c(c1)CN(C(=O)[C@@H]1Cc3ccccc3O1)CC2)c1ccncc1. The molecule has 0 unspecified atom stereocenters. The van der Waals surface area contributed by atoms with E-state index < -0.39 is 6.10 Å². The molecule has 1 aromatic heterocycles. The van der Waals surface area contributed by atoms with Crippen molar-refractivity contribution >= 4 is 17.5 Å². The summed E-state index contributed by atoms with van der Waals surface area (Å²) in [6, 6.07) is 17.0. The summed E-state index contributed by atoms with van der Waals surface area (Å²) in [5.41, 5.74) is 4.61. The molecule has 6 heteroatoms. The van der Waals surface area contributed by atoms with E-state index in [4.69, 9.17) is 4.74 Å². The quantitative estimate of drug-likeness (QED) is 0.734. The monoisotopic (exact) mass is 399 g/mol. The van der Waals surface area contributed by atoms with Crippen LogP contribution < -0.4 is 10.1 Å². The van der Waals surface area contributed by atoms with E-state index in [1.165, 1.54) is 5.56 Å². The number of carbonyl (C=O) groups excluding carboxylic acids is 2. The third-order valence-corrected chi connectivity index (χ3v) is 5.65. The summed E-state index contributed by atoms with van der Waals surface area (Å²) in [5.74, 6) is 0.635. The molecule has 5 rings (SSSR count). The largest absolute Gasteiger partial charge is 0.480 e. The lowest BCUT2D eigenvalue weighted by Gasteiger charge is -2.31. The first-order chi connectivity index (χ1) is 14.7. The number of fused-ring (bicyclic) bond motifs is 2. The van der Waals surface area contributed by atoms with Gasteiger partial charge in [0, 0.05) is 43.2 Å². The molecule has 2 amide bonds. The smallest absolute Gasteiger partial charge is 0.264 e. The lowest BCUT2D eigenvalue weighted by molar-refractivity contribution is -0.138. The number of para-hydroxylation sites is 1. The molecule has 0 bridgehead atoms. The van der Waals surface area contributed by atoms with Gasteiger partial charge in [-0.25, -0.2) is 0 Å². The Balaban J connectivity index is 1.28. The van der Waals surface area contributed by atoms with Gasteiger partial charge in [-0.3, -0.25) is 14.6 Å². The van der Waals surface area contributed by atoms with Crippen LogP contribution in [0.3, 0.4) is 0 Å². The van der Waals surface area contributed by atoms with Crippen molar-refractivity contribution in [1.82, 2.24) is 9.88 Å². The van der Waals surface area contributed by atoms with Gasteiger partial charge in [0.25, 0.3) is 11.8 Å². The predicted molar refractivity (Wildman–Crippen MR) is 112 cm³/mol. The average Bonchev–Trinajstić information content (AvgIpc) is 3.23. The van der Waals surface area contributed by atoms with E-state index in [0.29, 0.717) is 25.1 Å². The first-order valence-electron chi connectivity index (χ1n) is 10.0. The van der Waals surface area contributed by atoms with Gasteiger partial charge in [-0.05, 0) is 53.4 Å². The van der Waals surface area contributed by atoms with Crippen LogP contribution >= 0.6 is 0 Å². The molecule has 1 atom stereocenters. The molecule has 3 aromatic rings. The Hall–Kier alpha value is -3.67. The Kier molecular flexibility index (Phi) is 4.67. The van der Waals surface area contributed by atoms with Crippen LogP contribution in [-0.4, -0.2) is 34.3 Å². The number of benzene rings is 2. The lowest BCUT2D eigenvalue weighted by atomic mass is 9.98. The number of aromatic nitrogens is 1. The van der Waals surface area contributed by atoms with Crippen molar-refractivity contribution in [3.8, 4) is 5.75 Å². The number of hydrogen-bond acceptors (Lipinski definition) is 4. The summed E-state index contributed by atoms with van der Waals surface area (Å²) in [4.78, 5) is 31.3. The lowest BCUT2D eigenvalue weighted by Crippen LogP contribution is -2.43. The zero-order valence-electron chi connectivity index (χ0n) is 16.4. The highest BCUT2D eigenvalue weighted by Gasteiger charge is 2.33. The van der Waals surface area contributed by atoms with Crippen molar-refractivity contribution in [3.63, 3.8) is 0 Å². The van der Waals surface area contributed by atoms with Crippen LogP contribution in [0.15, 0.2) is 67.0 Å². The Morgan fingerprint density at radius 2 is 1.83 bits per heavy atom. The van der Waals surface area contributed by atoms with Crippen molar-refractivity contribution in [2.24, 2.45) is 0 Å². The van der Waals surface area contributed by atoms with Gasteiger partial charge in [0.2, 0.25) is 0 Å². The zero-order valence-corrected chi connectivity index (χ0v) is 16.4. The predicted octanol–water partition coefficient (Wildman–Crippen LogP) is 3.22. The van der Waals surface area contributed by atoms with Crippen molar-refractivity contribution in [3.05, 3.63) is 89.2 Å². The van der Waals surface area contributed by atoms with Crippen LogP contribution in [-0.2, 0) is 24.2 Å². The van der Waals surface area contributed by atoms with E-state index in [2.05, 4.69) is 10.3 Å². The summed E-state index contributed by atoms with van der Waals surface area (Å²) >= 11 is 0. The number of hydrogen-bond donors (Lipinski definition) is 1. The van der Waals surface area contributed by atoms with Crippen LogP contribution in [0.4, 0.5) is 5.69 Å². The number of nitrogens with one attached hydrogen (secondary N) is 1. The molecule has 0 fully saturated rings. The first kappa shape index (κ1) is 18.4. The molecule has 0 aliphatic carbocycles. The summed E-state index contributed by atoms with van der Waals surface area (Å²) in [6.07, 6.45) is 4.13. The third-order valence-electron chi connectivity index (χ3n) is 5.65. The van der Waals surface area contributed by atoms with Crippen LogP contribution in [0.1, 0.15) is 27.0 Å². The number of ether oxygens (including phenoxy) is 1. The highest BCUT2D eigenvalue weighted by atomic mass is 16.5. The maximum atomic E-state index is 13.1. The van der Waals surface area contributed by atoms with Gasteiger partial charge in [0.05, 0.1) is 0 Å². The minimum atomic E-state index is -0.460. The minimum Gasteiger partial charge on any atom is -0.480 e. The minimum absolute atomic E-state index is 0.0167. The van der Waals surface area contributed by atoms with E-state index in [0.717, 1.165) is 29.0 Å². The molecule has 0 radical (unpaired) electrons. The fourth-order valence-corrected chi connectivity index (χ4v) is 4.05. The number of anilines is 1. The Morgan fingerprint density at radius 1 is 1.00 bits per heavy atom. The molecule has 2 aliphatic rings. The van der Waals surface area contributed by atoms with Crippen molar-refractivity contribution < 1.29 is 14.3 Å². The van der Waals surface area contributed by atoms with E-state index in [-0.39, 0.29) is 11.8 Å². The Morgan fingerprint density at radius 3 is 2.67 bits per heavy atom. The summed E-state index contributed by atoms with van der Waals surface area (Å²) in [6.45, 7) is 1.19.